The van der Waals surface area contributed by atoms with Gasteiger partial charge in [0.2, 0.25) is 0 Å². The smallest absolute Gasteiger partial charge is 0.305 e. The molecule has 1 atom stereocenters. The largest absolute Gasteiger partial charge is 0.481 e. The lowest BCUT2D eigenvalue weighted by Gasteiger charge is -2.16. The fraction of sp³-hybridized carbons (Fsp3) is 0.250. The normalized spacial score (nSPS) is 11.9. The first-order valence-corrected chi connectivity index (χ1v) is 6.86. The molecule has 22 heavy (non-hydrogen) atoms. The maximum absolute atomic E-state index is 13.0. The quantitative estimate of drug-likeness (QED) is 0.860. The third-order valence-electron chi connectivity index (χ3n) is 3.19. The average molecular weight is 305 g/mol. The molecule has 1 aromatic carbocycles. The van der Waals surface area contributed by atoms with Crippen LogP contribution in [0.15, 0.2) is 40.8 Å². The third kappa shape index (κ3) is 3.94. The number of hydrogen-bond donors (Lipinski definition) is 2. The highest BCUT2D eigenvalue weighted by molar-refractivity contribution is 5.92. The van der Waals surface area contributed by atoms with Crippen LogP contribution in [0.5, 0.6) is 0 Å². The van der Waals surface area contributed by atoms with Gasteiger partial charge in [-0.1, -0.05) is 19.1 Å². The van der Waals surface area contributed by atoms with Crippen molar-refractivity contribution in [3.8, 4) is 0 Å². The number of benzene rings is 1. The zero-order valence-electron chi connectivity index (χ0n) is 12.0. The first-order valence-electron chi connectivity index (χ1n) is 6.86. The van der Waals surface area contributed by atoms with Gasteiger partial charge in [0.1, 0.15) is 11.6 Å². The van der Waals surface area contributed by atoms with E-state index in [1.807, 2.05) is 6.92 Å². The number of carboxylic acid groups (broad SMARTS) is 1. The number of carbonyl (C=O) groups excluding carboxylic acids is 1. The Morgan fingerprint density at radius 1 is 1.23 bits per heavy atom. The van der Waals surface area contributed by atoms with E-state index in [9.17, 15) is 14.0 Å². The number of carbonyl (C=O) groups is 2. The highest BCUT2D eigenvalue weighted by Crippen LogP contribution is 2.19. The first kappa shape index (κ1) is 15.8. The molecular weight excluding hydrogens is 289 g/mol. The lowest BCUT2D eigenvalue weighted by molar-refractivity contribution is -0.137. The van der Waals surface area contributed by atoms with Crippen molar-refractivity contribution in [1.82, 2.24) is 5.32 Å². The van der Waals surface area contributed by atoms with Gasteiger partial charge < -0.3 is 14.8 Å². The molecule has 1 aromatic heterocycles. The van der Waals surface area contributed by atoms with E-state index >= 15 is 0 Å². The summed E-state index contributed by atoms with van der Waals surface area (Å²) in [5.74, 6) is -1.21. The summed E-state index contributed by atoms with van der Waals surface area (Å²) in [5, 5.41) is 11.6. The molecule has 0 bridgehead atoms. The standard InChI is InChI=1S/C16H16FNO4/c1-2-12-7-8-14(22-12)16(21)18-13(9-15(19)20)10-3-5-11(17)6-4-10/h3-8,13H,2,9H2,1H3,(H,18,21)(H,19,20)/t13-/m0/s1. The number of amides is 1. The molecule has 0 saturated carbocycles. The number of hydrogen-bond acceptors (Lipinski definition) is 3. The summed E-state index contributed by atoms with van der Waals surface area (Å²) in [7, 11) is 0. The number of aryl methyl sites for hydroxylation is 1. The number of nitrogens with one attached hydrogen (secondary N) is 1. The van der Waals surface area contributed by atoms with Crippen LogP contribution >= 0.6 is 0 Å². The molecule has 0 aliphatic carbocycles. The van der Waals surface area contributed by atoms with Gasteiger partial charge in [0.05, 0.1) is 12.5 Å². The van der Waals surface area contributed by atoms with Crippen molar-refractivity contribution in [3.05, 3.63) is 59.3 Å². The second kappa shape index (κ2) is 6.89. The Labute approximate surface area is 126 Å². The van der Waals surface area contributed by atoms with Crippen LogP contribution in [-0.4, -0.2) is 17.0 Å². The predicted octanol–water partition coefficient (Wildman–Crippen LogP) is 2.93. The van der Waals surface area contributed by atoms with Gasteiger partial charge in [0.25, 0.3) is 5.91 Å². The van der Waals surface area contributed by atoms with Crippen LogP contribution < -0.4 is 5.32 Å². The molecule has 0 saturated heterocycles. The predicted molar refractivity (Wildman–Crippen MR) is 76.9 cm³/mol. The van der Waals surface area contributed by atoms with Crippen molar-refractivity contribution in [3.63, 3.8) is 0 Å². The zero-order chi connectivity index (χ0) is 16.1. The van der Waals surface area contributed by atoms with Gasteiger partial charge in [0.15, 0.2) is 5.76 Å². The van der Waals surface area contributed by atoms with E-state index in [-0.39, 0.29) is 12.2 Å². The summed E-state index contributed by atoms with van der Waals surface area (Å²) in [4.78, 5) is 23.1. The SMILES string of the molecule is CCc1ccc(C(=O)N[C@@H](CC(=O)O)c2ccc(F)cc2)o1. The maximum Gasteiger partial charge on any atom is 0.305 e. The van der Waals surface area contributed by atoms with Crippen molar-refractivity contribution in [2.24, 2.45) is 0 Å². The molecule has 2 N–H and O–H groups in total. The number of halogens is 1. The molecule has 116 valence electrons. The summed E-state index contributed by atoms with van der Waals surface area (Å²) in [6.45, 7) is 1.90. The molecule has 1 heterocycles. The number of furan rings is 1. The van der Waals surface area contributed by atoms with Crippen molar-refractivity contribution in [2.75, 3.05) is 0 Å². The first-order chi connectivity index (χ1) is 10.5. The Bertz CT molecular complexity index is 663. The Morgan fingerprint density at radius 2 is 1.91 bits per heavy atom. The highest BCUT2D eigenvalue weighted by Gasteiger charge is 2.20. The Morgan fingerprint density at radius 3 is 2.45 bits per heavy atom. The molecule has 0 unspecified atom stereocenters. The summed E-state index contributed by atoms with van der Waals surface area (Å²) in [6.07, 6.45) is 0.350. The van der Waals surface area contributed by atoms with E-state index in [0.29, 0.717) is 17.7 Å². The number of carboxylic acids is 1. The van der Waals surface area contributed by atoms with Crippen molar-refractivity contribution < 1.29 is 23.5 Å². The second-order valence-electron chi connectivity index (χ2n) is 4.79. The van der Waals surface area contributed by atoms with Crippen molar-refractivity contribution in [1.29, 1.82) is 0 Å². The summed E-state index contributed by atoms with van der Waals surface area (Å²) in [6, 6.07) is 7.80. The molecule has 5 nitrogen and oxygen atoms in total. The fourth-order valence-electron chi connectivity index (χ4n) is 2.04. The van der Waals surface area contributed by atoms with E-state index in [4.69, 9.17) is 9.52 Å². The molecule has 6 heteroatoms. The lowest BCUT2D eigenvalue weighted by atomic mass is 10.0. The lowest BCUT2D eigenvalue weighted by Crippen LogP contribution is -2.30. The van der Waals surface area contributed by atoms with Gasteiger partial charge >= 0.3 is 5.97 Å². The summed E-state index contributed by atoms with van der Waals surface area (Å²) >= 11 is 0. The van der Waals surface area contributed by atoms with Gasteiger partial charge in [-0.25, -0.2) is 4.39 Å². The average Bonchev–Trinajstić information content (AvgIpc) is 2.96. The minimum absolute atomic E-state index is 0.120. The molecule has 2 rings (SSSR count). The number of aliphatic carboxylic acids is 1. The van der Waals surface area contributed by atoms with Gasteiger partial charge in [-0.05, 0) is 29.8 Å². The van der Waals surface area contributed by atoms with E-state index in [0.717, 1.165) is 0 Å². The molecular formula is C16H16FNO4. The van der Waals surface area contributed by atoms with Crippen LogP contribution in [0.1, 0.15) is 41.3 Å². The summed E-state index contributed by atoms with van der Waals surface area (Å²) in [5.41, 5.74) is 0.513. The minimum Gasteiger partial charge on any atom is -0.481 e. The van der Waals surface area contributed by atoms with Gasteiger partial charge in [-0.2, -0.15) is 0 Å². The van der Waals surface area contributed by atoms with E-state index in [2.05, 4.69) is 5.32 Å². The van der Waals surface area contributed by atoms with Crippen LogP contribution in [0, 0.1) is 5.82 Å². The zero-order valence-corrected chi connectivity index (χ0v) is 12.0. The Balaban J connectivity index is 2.17. The van der Waals surface area contributed by atoms with Gasteiger partial charge in [-0.15, -0.1) is 0 Å². The van der Waals surface area contributed by atoms with Crippen LogP contribution in [0.25, 0.3) is 0 Å². The van der Waals surface area contributed by atoms with E-state index in [1.54, 1.807) is 6.07 Å². The molecule has 2 aromatic rings. The molecule has 0 spiro atoms. The van der Waals surface area contributed by atoms with Crippen LogP contribution in [0.2, 0.25) is 0 Å². The Kier molecular flexibility index (Phi) is 4.93. The van der Waals surface area contributed by atoms with E-state index < -0.39 is 23.7 Å². The maximum atomic E-state index is 13.0. The van der Waals surface area contributed by atoms with Crippen LogP contribution in [0.4, 0.5) is 4.39 Å². The second-order valence-corrected chi connectivity index (χ2v) is 4.79. The molecule has 1 amide bonds. The van der Waals surface area contributed by atoms with Crippen LogP contribution in [-0.2, 0) is 11.2 Å². The van der Waals surface area contributed by atoms with Gasteiger partial charge in [-0.3, -0.25) is 9.59 Å². The number of rotatable bonds is 6. The molecule has 0 fully saturated rings. The van der Waals surface area contributed by atoms with Gasteiger partial charge in [0, 0.05) is 6.42 Å². The third-order valence-corrected chi connectivity index (χ3v) is 3.19. The van der Waals surface area contributed by atoms with Crippen molar-refractivity contribution in [2.45, 2.75) is 25.8 Å². The topological polar surface area (TPSA) is 79.5 Å². The molecule has 0 aliphatic rings. The van der Waals surface area contributed by atoms with Crippen molar-refractivity contribution >= 4 is 11.9 Å². The Hall–Kier alpha value is -2.63. The van der Waals surface area contributed by atoms with E-state index in [1.165, 1.54) is 30.3 Å². The molecule has 0 radical (unpaired) electrons. The summed E-state index contributed by atoms with van der Waals surface area (Å²) < 4.78 is 18.3. The molecule has 0 aliphatic heterocycles. The highest BCUT2D eigenvalue weighted by atomic mass is 19.1. The fourth-order valence-corrected chi connectivity index (χ4v) is 2.04. The minimum atomic E-state index is -1.07. The van der Waals surface area contributed by atoms with Crippen LogP contribution in [0.3, 0.4) is 0 Å². The monoisotopic (exact) mass is 305 g/mol.